The van der Waals surface area contributed by atoms with Gasteiger partial charge in [0, 0.05) is 30.9 Å². The zero-order valence-corrected chi connectivity index (χ0v) is 12.6. The molecule has 0 unspecified atom stereocenters. The molecule has 0 bridgehead atoms. The fourth-order valence-electron chi connectivity index (χ4n) is 1.72. The van der Waals surface area contributed by atoms with Gasteiger partial charge in [-0.15, -0.1) is 0 Å². The minimum Gasteiger partial charge on any atom is -0.395 e. The molecule has 24 heavy (non-hydrogen) atoms. The number of aliphatic hydroxyl groups is 2. The molecule has 11 heteroatoms. The highest BCUT2D eigenvalue weighted by molar-refractivity contribution is 5.57. The first-order chi connectivity index (χ1) is 11.6. The molecular formula is C13H17N7O4. The van der Waals surface area contributed by atoms with Crippen LogP contribution in [0.1, 0.15) is 0 Å². The maximum atomic E-state index is 10.7. The summed E-state index contributed by atoms with van der Waals surface area (Å²) in [4.78, 5) is 22.5. The summed E-state index contributed by atoms with van der Waals surface area (Å²) < 4.78 is 0. The van der Waals surface area contributed by atoms with Crippen LogP contribution < -0.4 is 16.0 Å². The van der Waals surface area contributed by atoms with Crippen molar-refractivity contribution in [2.45, 2.75) is 0 Å². The molecule has 0 amide bonds. The van der Waals surface area contributed by atoms with Crippen molar-refractivity contribution in [2.75, 3.05) is 42.3 Å². The number of anilines is 4. The van der Waals surface area contributed by atoms with Crippen LogP contribution in [-0.2, 0) is 0 Å². The number of hydrogen-bond acceptors (Lipinski definition) is 10. The molecule has 0 fully saturated rings. The van der Waals surface area contributed by atoms with Crippen molar-refractivity contribution < 1.29 is 15.1 Å². The summed E-state index contributed by atoms with van der Waals surface area (Å²) in [5.41, 5.74) is 0.541. The first kappa shape index (κ1) is 17.3. The highest BCUT2D eigenvalue weighted by Gasteiger charge is 2.08. The molecule has 0 saturated carbocycles. The number of benzene rings is 1. The van der Waals surface area contributed by atoms with Gasteiger partial charge >= 0.3 is 0 Å². The molecule has 1 aromatic carbocycles. The number of nitro benzene ring substituents is 1. The van der Waals surface area contributed by atoms with Gasteiger partial charge in [0.05, 0.1) is 18.1 Å². The van der Waals surface area contributed by atoms with Gasteiger partial charge in [0.2, 0.25) is 17.8 Å². The fraction of sp³-hybridized carbons (Fsp3) is 0.308. The van der Waals surface area contributed by atoms with Crippen LogP contribution in [0.5, 0.6) is 0 Å². The summed E-state index contributed by atoms with van der Waals surface area (Å²) in [6.07, 6.45) is 0. The quantitative estimate of drug-likeness (QED) is 0.319. The van der Waals surface area contributed by atoms with E-state index in [4.69, 9.17) is 10.2 Å². The van der Waals surface area contributed by atoms with Crippen molar-refractivity contribution in [3.05, 3.63) is 34.4 Å². The van der Waals surface area contributed by atoms with Crippen LogP contribution in [0.2, 0.25) is 0 Å². The lowest BCUT2D eigenvalue weighted by Gasteiger charge is -2.10. The average molecular weight is 335 g/mol. The van der Waals surface area contributed by atoms with Crippen LogP contribution >= 0.6 is 0 Å². The van der Waals surface area contributed by atoms with Crippen molar-refractivity contribution in [3.8, 4) is 0 Å². The molecule has 1 heterocycles. The topological polar surface area (TPSA) is 158 Å². The van der Waals surface area contributed by atoms with Crippen molar-refractivity contribution in [1.82, 2.24) is 15.0 Å². The summed E-state index contributed by atoms with van der Waals surface area (Å²) in [5, 5.41) is 36.9. The molecule has 0 aliphatic carbocycles. The third kappa shape index (κ3) is 5.00. The van der Waals surface area contributed by atoms with E-state index in [2.05, 4.69) is 30.9 Å². The van der Waals surface area contributed by atoms with Gasteiger partial charge in [-0.1, -0.05) is 0 Å². The van der Waals surface area contributed by atoms with Crippen LogP contribution in [0.25, 0.3) is 0 Å². The van der Waals surface area contributed by atoms with E-state index >= 15 is 0 Å². The maximum Gasteiger partial charge on any atom is 0.269 e. The SMILES string of the molecule is O=[N+]([O-])c1ccc(Nc2nc(NCCO)nc(NCCO)n2)cc1. The molecule has 1 aromatic heterocycles. The van der Waals surface area contributed by atoms with Crippen molar-refractivity contribution >= 4 is 29.2 Å². The second-order valence-electron chi connectivity index (χ2n) is 4.54. The Kier molecular flexibility index (Phi) is 6.16. The Morgan fingerprint density at radius 3 is 1.88 bits per heavy atom. The number of aliphatic hydroxyl groups excluding tert-OH is 2. The van der Waals surface area contributed by atoms with E-state index < -0.39 is 4.92 Å². The Hall–Kier alpha value is -3.05. The van der Waals surface area contributed by atoms with Gasteiger partial charge in [-0.3, -0.25) is 10.1 Å². The number of aromatic nitrogens is 3. The van der Waals surface area contributed by atoms with Gasteiger partial charge in [0.15, 0.2) is 0 Å². The van der Waals surface area contributed by atoms with E-state index in [1.54, 1.807) is 0 Å². The summed E-state index contributed by atoms with van der Waals surface area (Å²) in [5.74, 6) is 0.688. The largest absolute Gasteiger partial charge is 0.395 e. The third-order valence-corrected chi connectivity index (χ3v) is 2.76. The molecule has 0 saturated heterocycles. The highest BCUT2D eigenvalue weighted by atomic mass is 16.6. The maximum absolute atomic E-state index is 10.7. The normalized spacial score (nSPS) is 10.2. The first-order valence-corrected chi connectivity index (χ1v) is 7.09. The van der Waals surface area contributed by atoms with E-state index in [9.17, 15) is 10.1 Å². The molecular weight excluding hydrogens is 318 g/mol. The van der Waals surface area contributed by atoms with Crippen molar-refractivity contribution in [2.24, 2.45) is 0 Å². The average Bonchev–Trinajstić information content (AvgIpc) is 2.58. The van der Waals surface area contributed by atoms with Crippen LogP contribution in [0.4, 0.5) is 29.2 Å². The zero-order chi connectivity index (χ0) is 17.4. The Balaban J connectivity index is 2.18. The number of nitrogens with one attached hydrogen (secondary N) is 3. The Morgan fingerprint density at radius 1 is 0.917 bits per heavy atom. The number of hydrogen-bond donors (Lipinski definition) is 5. The number of non-ortho nitro benzene ring substituents is 1. The molecule has 2 aromatic rings. The number of nitrogens with zero attached hydrogens (tertiary/aromatic N) is 4. The van der Waals surface area contributed by atoms with Crippen molar-refractivity contribution in [1.29, 1.82) is 0 Å². The molecule has 128 valence electrons. The molecule has 2 rings (SSSR count). The van der Waals surface area contributed by atoms with Crippen molar-refractivity contribution in [3.63, 3.8) is 0 Å². The smallest absolute Gasteiger partial charge is 0.269 e. The van der Waals surface area contributed by atoms with Gasteiger partial charge in [0.1, 0.15) is 0 Å². The Labute approximate surface area is 136 Å². The third-order valence-electron chi connectivity index (χ3n) is 2.76. The minimum absolute atomic E-state index is 0.0215. The second-order valence-corrected chi connectivity index (χ2v) is 4.54. The molecule has 0 radical (unpaired) electrons. The van der Waals surface area contributed by atoms with E-state index in [0.29, 0.717) is 5.69 Å². The standard InChI is InChI=1S/C13H17N7O4/c21-7-5-14-11-17-12(15-6-8-22)19-13(18-11)16-9-1-3-10(4-2-9)20(23)24/h1-4,21-22H,5-8H2,(H3,14,15,16,17,18,19). The molecule has 11 nitrogen and oxygen atoms in total. The summed E-state index contributed by atoms with van der Waals surface area (Å²) in [7, 11) is 0. The molecule has 0 spiro atoms. The van der Waals surface area contributed by atoms with E-state index in [1.165, 1.54) is 24.3 Å². The summed E-state index contributed by atoms with van der Waals surface area (Å²) in [6.45, 7) is 0.354. The second kappa shape index (κ2) is 8.55. The molecule has 0 aliphatic rings. The Morgan fingerprint density at radius 2 is 1.42 bits per heavy atom. The Bertz CT molecular complexity index is 654. The summed E-state index contributed by atoms with van der Waals surface area (Å²) in [6, 6.07) is 5.78. The minimum atomic E-state index is -0.486. The van der Waals surface area contributed by atoms with E-state index in [1.807, 2.05) is 0 Å². The lowest BCUT2D eigenvalue weighted by molar-refractivity contribution is -0.384. The predicted molar refractivity (Wildman–Crippen MR) is 87.4 cm³/mol. The van der Waals surface area contributed by atoms with Crippen LogP contribution in [0.3, 0.4) is 0 Å². The van der Waals surface area contributed by atoms with Gasteiger partial charge in [0.25, 0.3) is 5.69 Å². The monoisotopic (exact) mass is 335 g/mol. The van der Waals surface area contributed by atoms with Gasteiger partial charge in [-0.25, -0.2) is 0 Å². The molecule has 0 atom stereocenters. The fourth-order valence-corrected chi connectivity index (χ4v) is 1.72. The lowest BCUT2D eigenvalue weighted by Crippen LogP contribution is -2.14. The summed E-state index contributed by atoms with van der Waals surface area (Å²) >= 11 is 0. The van der Waals surface area contributed by atoms with Gasteiger partial charge in [-0.2, -0.15) is 15.0 Å². The van der Waals surface area contributed by atoms with E-state index in [0.717, 1.165) is 0 Å². The highest BCUT2D eigenvalue weighted by Crippen LogP contribution is 2.19. The lowest BCUT2D eigenvalue weighted by atomic mass is 10.3. The van der Waals surface area contributed by atoms with Crippen LogP contribution in [-0.4, -0.2) is 56.4 Å². The predicted octanol–water partition coefficient (Wildman–Crippen LogP) is 0.332. The van der Waals surface area contributed by atoms with Gasteiger partial charge < -0.3 is 26.2 Å². The first-order valence-electron chi connectivity index (χ1n) is 7.09. The molecule has 5 N–H and O–H groups in total. The van der Waals surface area contributed by atoms with Crippen LogP contribution in [0.15, 0.2) is 24.3 Å². The number of rotatable bonds is 9. The zero-order valence-electron chi connectivity index (χ0n) is 12.6. The van der Waals surface area contributed by atoms with E-state index in [-0.39, 0.29) is 49.8 Å². The molecule has 0 aliphatic heterocycles. The van der Waals surface area contributed by atoms with Crippen LogP contribution in [0, 0.1) is 10.1 Å². The van der Waals surface area contributed by atoms with Gasteiger partial charge in [-0.05, 0) is 12.1 Å². The number of nitro groups is 1.